The molecule has 4 atom stereocenters. The minimum atomic E-state index is -0.699. The standard InChI is InChI=1S/C20H25NO3.C8H7Cl2NO/c22-14-6-5-13-10-15-20(23)7-1-2-16-19(20,17(13)18(14)24-16)8-9-21(15)11-12-3-4-12;9-6-2-1-5(3-7(6)10)4-8(11)12/h5-6,12,15-16,22-23H,1-4,7-11H2;1-3H,4H2,(H2,11,12)/t15-,16+,19-,20-;/m1./s1. The maximum absolute atomic E-state index is 12.0. The maximum Gasteiger partial charge on any atom is 0.221 e. The third-order valence-corrected chi connectivity index (χ3v) is 9.77. The van der Waals surface area contributed by atoms with Gasteiger partial charge in [-0.3, -0.25) is 9.69 Å². The summed E-state index contributed by atoms with van der Waals surface area (Å²) in [4.78, 5) is 13.1. The molecule has 2 heterocycles. The Kier molecular flexibility index (Phi) is 5.95. The number of primary amides is 1. The SMILES string of the molecule is NC(=O)Cc1ccc(Cl)c(Cl)c1.Oc1ccc2c3c1O[C@H]1CCC[C@@]4(O)[C@@H](C2)N(CC2CC2)CC[C@]314. The van der Waals surface area contributed by atoms with Crippen LogP contribution >= 0.6 is 23.2 Å². The molecule has 8 heteroatoms. The molecule has 0 unspecified atom stereocenters. The average Bonchev–Trinajstić information content (AvgIpc) is 3.57. The molecule has 0 radical (unpaired) electrons. The van der Waals surface area contributed by atoms with E-state index in [1.165, 1.54) is 18.4 Å². The van der Waals surface area contributed by atoms with Gasteiger partial charge in [-0.1, -0.05) is 35.3 Å². The highest BCUT2D eigenvalue weighted by molar-refractivity contribution is 6.42. The number of carbonyl (C=O) groups is 1. The molecule has 1 saturated heterocycles. The third kappa shape index (κ3) is 3.72. The zero-order valence-electron chi connectivity index (χ0n) is 20.2. The number of halogens is 2. The quantitative estimate of drug-likeness (QED) is 0.545. The van der Waals surface area contributed by atoms with E-state index >= 15 is 0 Å². The largest absolute Gasteiger partial charge is 0.504 e. The molecule has 3 aliphatic carbocycles. The van der Waals surface area contributed by atoms with Crippen molar-refractivity contribution in [1.82, 2.24) is 4.90 Å². The molecular formula is C28H32Cl2N2O4. The van der Waals surface area contributed by atoms with Gasteiger partial charge in [0.05, 0.1) is 27.5 Å². The lowest BCUT2D eigenvalue weighted by Crippen LogP contribution is -2.75. The van der Waals surface area contributed by atoms with Crippen LogP contribution in [0.2, 0.25) is 10.0 Å². The number of carbonyl (C=O) groups excluding carboxylic acids is 1. The first-order valence-corrected chi connectivity index (χ1v) is 13.7. The summed E-state index contributed by atoms with van der Waals surface area (Å²) in [6, 6.07) is 9.06. The summed E-state index contributed by atoms with van der Waals surface area (Å²) in [5, 5.41) is 23.3. The van der Waals surface area contributed by atoms with E-state index in [0.717, 1.165) is 62.2 Å². The second-order valence-corrected chi connectivity index (χ2v) is 12.0. The van der Waals surface area contributed by atoms with E-state index in [2.05, 4.69) is 11.0 Å². The fourth-order valence-electron chi connectivity index (χ4n) is 7.33. The van der Waals surface area contributed by atoms with Gasteiger partial charge >= 0.3 is 0 Å². The Labute approximate surface area is 221 Å². The van der Waals surface area contributed by atoms with Crippen molar-refractivity contribution in [3.05, 3.63) is 57.1 Å². The predicted octanol–water partition coefficient (Wildman–Crippen LogP) is 4.37. The molecule has 2 saturated carbocycles. The van der Waals surface area contributed by atoms with Gasteiger partial charge in [-0.05, 0) is 86.7 Å². The van der Waals surface area contributed by atoms with E-state index in [0.29, 0.717) is 15.8 Å². The first-order chi connectivity index (χ1) is 17.2. The fraction of sp³-hybridized carbons (Fsp3) is 0.536. The molecule has 2 aliphatic heterocycles. The van der Waals surface area contributed by atoms with Crippen LogP contribution in [0.1, 0.15) is 55.2 Å². The van der Waals surface area contributed by atoms with Crippen molar-refractivity contribution >= 4 is 29.1 Å². The zero-order valence-corrected chi connectivity index (χ0v) is 21.7. The Bertz CT molecular complexity index is 1220. The summed E-state index contributed by atoms with van der Waals surface area (Å²) >= 11 is 11.4. The Balaban J connectivity index is 0.000000171. The van der Waals surface area contributed by atoms with Gasteiger partial charge in [0, 0.05) is 18.2 Å². The van der Waals surface area contributed by atoms with Crippen LogP contribution in [0.3, 0.4) is 0 Å². The fourth-order valence-corrected chi connectivity index (χ4v) is 7.65. The smallest absolute Gasteiger partial charge is 0.221 e. The number of piperidine rings is 1. The summed E-state index contributed by atoms with van der Waals surface area (Å²) in [7, 11) is 0. The number of ether oxygens (including phenoxy) is 1. The van der Waals surface area contributed by atoms with Gasteiger partial charge in [-0.25, -0.2) is 0 Å². The summed E-state index contributed by atoms with van der Waals surface area (Å²) in [5.74, 6) is 1.39. The number of nitrogens with two attached hydrogens (primary N) is 1. The van der Waals surface area contributed by atoms with E-state index in [1.807, 2.05) is 0 Å². The monoisotopic (exact) mass is 530 g/mol. The van der Waals surface area contributed by atoms with Crippen molar-refractivity contribution in [3.63, 3.8) is 0 Å². The lowest BCUT2D eigenvalue weighted by Gasteiger charge is -2.63. The van der Waals surface area contributed by atoms with E-state index in [-0.39, 0.29) is 35.6 Å². The minimum Gasteiger partial charge on any atom is -0.504 e. The van der Waals surface area contributed by atoms with Gasteiger partial charge < -0.3 is 20.7 Å². The van der Waals surface area contributed by atoms with Crippen molar-refractivity contribution < 1.29 is 19.7 Å². The van der Waals surface area contributed by atoms with E-state index in [4.69, 9.17) is 33.7 Å². The second kappa shape index (κ2) is 8.80. The topological polar surface area (TPSA) is 96.0 Å². The van der Waals surface area contributed by atoms with Crippen LogP contribution in [0.15, 0.2) is 30.3 Å². The van der Waals surface area contributed by atoms with Gasteiger partial charge in [0.15, 0.2) is 11.5 Å². The van der Waals surface area contributed by atoms with Gasteiger partial charge in [-0.15, -0.1) is 0 Å². The number of hydrogen-bond donors (Lipinski definition) is 3. The van der Waals surface area contributed by atoms with Crippen LogP contribution in [0.25, 0.3) is 0 Å². The number of amides is 1. The Morgan fingerprint density at radius 1 is 1.14 bits per heavy atom. The highest BCUT2D eigenvalue weighted by Crippen LogP contribution is 2.65. The highest BCUT2D eigenvalue weighted by Gasteiger charge is 2.71. The molecule has 3 fully saturated rings. The molecule has 192 valence electrons. The predicted molar refractivity (Wildman–Crippen MR) is 139 cm³/mol. The molecule has 2 aromatic carbocycles. The molecule has 2 bridgehead atoms. The Morgan fingerprint density at radius 2 is 1.94 bits per heavy atom. The normalized spacial score (nSPS) is 31.6. The van der Waals surface area contributed by atoms with Gasteiger partial charge in [0.1, 0.15) is 6.10 Å². The van der Waals surface area contributed by atoms with Crippen LogP contribution in [-0.4, -0.2) is 51.9 Å². The lowest BCUT2D eigenvalue weighted by atomic mass is 9.49. The van der Waals surface area contributed by atoms with Crippen molar-refractivity contribution in [1.29, 1.82) is 0 Å². The Morgan fingerprint density at radius 3 is 2.67 bits per heavy atom. The van der Waals surface area contributed by atoms with Crippen molar-refractivity contribution in [2.45, 2.75) is 74.5 Å². The molecule has 4 N–H and O–H groups in total. The summed E-state index contributed by atoms with van der Waals surface area (Å²) in [6.45, 7) is 2.20. The summed E-state index contributed by atoms with van der Waals surface area (Å²) in [6.07, 6.45) is 7.66. The van der Waals surface area contributed by atoms with Crippen LogP contribution in [-0.2, 0) is 23.1 Å². The minimum absolute atomic E-state index is 0.0316. The van der Waals surface area contributed by atoms with Gasteiger partial charge in [0.2, 0.25) is 5.91 Å². The molecule has 36 heavy (non-hydrogen) atoms. The molecular weight excluding hydrogens is 499 g/mol. The van der Waals surface area contributed by atoms with Gasteiger partial charge in [-0.2, -0.15) is 0 Å². The molecule has 1 amide bonds. The number of aromatic hydroxyl groups is 1. The molecule has 6 nitrogen and oxygen atoms in total. The van der Waals surface area contributed by atoms with Crippen molar-refractivity contribution in [2.24, 2.45) is 11.7 Å². The molecule has 5 aliphatic rings. The van der Waals surface area contributed by atoms with Crippen LogP contribution in [0.5, 0.6) is 11.5 Å². The first kappa shape index (κ1) is 24.4. The first-order valence-electron chi connectivity index (χ1n) is 12.9. The molecule has 1 spiro atoms. The van der Waals surface area contributed by atoms with E-state index in [9.17, 15) is 15.0 Å². The summed E-state index contributed by atoms with van der Waals surface area (Å²) < 4.78 is 6.27. The number of phenolic OH excluding ortho intramolecular Hbond substituents is 1. The highest BCUT2D eigenvalue weighted by atomic mass is 35.5. The van der Waals surface area contributed by atoms with Crippen molar-refractivity contribution in [3.8, 4) is 11.5 Å². The van der Waals surface area contributed by atoms with E-state index in [1.54, 1.807) is 24.3 Å². The molecule has 7 rings (SSSR count). The maximum atomic E-state index is 12.0. The van der Waals surface area contributed by atoms with Crippen molar-refractivity contribution in [2.75, 3.05) is 13.1 Å². The number of hydrogen-bond acceptors (Lipinski definition) is 5. The number of likely N-dealkylation sites (tertiary alicyclic amines) is 1. The van der Waals surface area contributed by atoms with Crippen LogP contribution in [0, 0.1) is 5.92 Å². The van der Waals surface area contributed by atoms with Crippen LogP contribution in [0.4, 0.5) is 0 Å². The van der Waals surface area contributed by atoms with Gasteiger partial charge in [0.25, 0.3) is 0 Å². The number of phenols is 1. The number of benzene rings is 2. The Hall–Kier alpha value is -1.99. The average molecular weight is 531 g/mol. The lowest BCUT2D eigenvalue weighted by molar-refractivity contribution is -0.185. The number of rotatable bonds is 4. The molecule has 0 aromatic heterocycles. The summed E-state index contributed by atoms with van der Waals surface area (Å²) in [5.41, 5.74) is 7.22. The van der Waals surface area contributed by atoms with Crippen LogP contribution < -0.4 is 10.5 Å². The third-order valence-electron chi connectivity index (χ3n) is 9.03. The van der Waals surface area contributed by atoms with E-state index < -0.39 is 5.60 Å². The number of aliphatic hydroxyl groups is 1. The second-order valence-electron chi connectivity index (χ2n) is 11.1. The zero-order chi connectivity index (χ0) is 25.2. The number of nitrogens with zero attached hydrogens (tertiary/aromatic N) is 1. The molecule has 2 aromatic rings.